The van der Waals surface area contributed by atoms with Crippen molar-refractivity contribution in [1.82, 2.24) is 10.0 Å². The highest BCUT2D eigenvalue weighted by Crippen LogP contribution is 2.48. The van der Waals surface area contributed by atoms with Crippen LogP contribution in [0.25, 0.3) is 0 Å². The van der Waals surface area contributed by atoms with Gasteiger partial charge in [0.2, 0.25) is 0 Å². The van der Waals surface area contributed by atoms with E-state index in [4.69, 9.17) is 5.14 Å². The van der Waals surface area contributed by atoms with E-state index in [0.29, 0.717) is 6.54 Å². The van der Waals surface area contributed by atoms with Crippen LogP contribution in [0.2, 0.25) is 0 Å². The highest BCUT2D eigenvalue weighted by atomic mass is 32.2. The lowest BCUT2D eigenvalue weighted by Crippen LogP contribution is -2.54. The van der Waals surface area contributed by atoms with Crippen molar-refractivity contribution in [3.05, 3.63) is 118 Å². The summed E-state index contributed by atoms with van der Waals surface area (Å²) in [6, 6.07) is 31.9. The number of nitrogens with zero attached hydrogens (tertiary/aromatic N) is 2. The number of allylic oxidation sites excluding steroid dienone is 1. The number of rotatable bonds is 5. The molecule has 0 amide bonds. The predicted molar refractivity (Wildman–Crippen MR) is 126 cm³/mol. The zero-order chi connectivity index (χ0) is 21.3. The summed E-state index contributed by atoms with van der Waals surface area (Å²) >= 11 is 0. The molecule has 0 radical (unpaired) electrons. The number of hydrogen-bond donors (Lipinski definition) is 1. The quantitative estimate of drug-likeness (QED) is 0.606. The van der Waals surface area contributed by atoms with E-state index >= 15 is 0 Å². The summed E-state index contributed by atoms with van der Waals surface area (Å²) in [7, 11) is -1.49. The van der Waals surface area contributed by atoms with Crippen LogP contribution in [0.15, 0.2) is 102 Å². The van der Waals surface area contributed by atoms with Crippen LogP contribution in [-0.2, 0) is 16.5 Å². The molecule has 0 aliphatic carbocycles. The molecule has 0 saturated carbocycles. The van der Waals surface area contributed by atoms with Crippen LogP contribution in [0.4, 0.5) is 0 Å². The summed E-state index contributed by atoms with van der Waals surface area (Å²) in [4.78, 5) is 0.854. The summed E-state index contributed by atoms with van der Waals surface area (Å²) in [6.45, 7) is 1.46. The van der Waals surface area contributed by atoms with Crippen molar-refractivity contribution in [3.63, 3.8) is 0 Å². The summed E-state index contributed by atoms with van der Waals surface area (Å²) < 4.78 is 12.6. The lowest BCUT2D eigenvalue weighted by atomic mass is 9.76. The fraction of sp³-hybridized carbons (Fsp3) is 0.231. The third-order valence-corrected chi connectivity index (χ3v) is 7.31. The molecular weight excluding hydrogens is 402 g/mol. The van der Waals surface area contributed by atoms with Gasteiger partial charge < -0.3 is 5.01 Å². The monoisotopic (exact) mass is 429 g/mol. The van der Waals surface area contributed by atoms with Gasteiger partial charge in [-0.2, -0.15) is 5.01 Å². The first-order valence-corrected chi connectivity index (χ1v) is 12.0. The molecule has 2 N–H and O–H groups in total. The van der Waals surface area contributed by atoms with Crippen molar-refractivity contribution in [3.8, 4) is 0 Å². The minimum atomic E-state index is -1.49. The summed E-state index contributed by atoms with van der Waals surface area (Å²) in [5.41, 5.74) is 4.12. The van der Waals surface area contributed by atoms with Crippen LogP contribution < -0.4 is 5.14 Å². The molecule has 0 spiro atoms. The molecule has 3 aromatic rings. The van der Waals surface area contributed by atoms with E-state index in [1.54, 1.807) is 0 Å². The number of fused-ring (bicyclic) bond motifs is 1. The first-order chi connectivity index (χ1) is 15.2. The third-order valence-electron chi connectivity index (χ3n) is 6.46. The maximum atomic E-state index is 12.6. The van der Waals surface area contributed by atoms with E-state index < -0.39 is 16.5 Å². The molecule has 158 valence electrons. The molecule has 1 atom stereocenters. The molecule has 5 heteroatoms. The normalized spacial score (nSPS) is 18.2. The minimum absolute atomic E-state index is 0.553. The zero-order valence-corrected chi connectivity index (χ0v) is 18.3. The lowest BCUT2D eigenvalue weighted by molar-refractivity contribution is -0.0397. The average molecular weight is 430 g/mol. The Labute approximate surface area is 186 Å². The van der Waals surface area contributed by atoms with Gasteiger partial charge in [-0.05, 0) is 36.0 Å². The molecule has 2 aliphatic rings. The Kier molecular flexibility index (Phi) is 5.48. The van der Waals surface area contributed by atoms with Crippen LogP contribution in [0, 0.1) is 0 Å². The van der Waals surface area contributed by atoms with Gasteiger partial charge in [0, 0.05) is 12.2 Å². The second kappa shape index (κ2) is 8.42. The topological polar surface area (TPSA) is 49.6 Å². The second-order valence-corrected chi connectivity index (χ2v) is 9.20. The van der Waals surface area contributed by atoms with Crippen LogP contribution in [0.1, 0.15) is 36.0 Å². The molecule has 0 aromatic heterocycles. The van der Waals surface area contributed by atoms with Crippen molar-refractivity contribution in [2.75, 3.05) is 13.1 Å². The van der Waals surface area contributed by atoms with Crippen LogP contribution in [-0.4, -0.2) is 27.3 Å². The Hall–Kier alpha value is -2.73. The summed E-state index contributed by atoms with van der Waals surface area (Å²) in [6.07, 6.45) is 3.14. The first kappa shape index (κ1) is 20.2. The highest BCUT2D eigenvalue weighted by Gasteiger charge is 2.49. The highest BCUT2D eigenvalue weighted by molar-refractivity contribution is 7.86. The van der Waals surface area contributed by atoms with Crippen LogP contribution >= 0.6 is 0 Å². The Morgan fingerprint density at radius 2 is 1.23 bits per heavy atom. The van der Waals surface area contributed by atoms with Crippen molar-refractivity contribution in [2.24, 2.45) is 5.14 Å². The molecule has 0 bridgehead atoms. The Morgan fingerprint density at radius 1 is 0.742 bits per heavy atom. The standard InChI is InChI=1S/C26H27N3OS/c27-31(30)25-20-29(28-19-11-10-18-24(25)28)26(21-12-4-1-5-13-21,22-14-6-2-7-15-22)23-16-8-3-9-17-23/h1-9,12-17H,10-11,18-20,27H2. The number of hydrazine groups is 1. The van der Waals surface area contributed by atoms with Crippen LogP contribution in [0.3, 0.4) is 0 Å². The maximum Gasteiger partial charge on any atom is 0.121 e. The van der Waals surface area contributed by atoms with Crippen molar-refractivity contribution in [2.45, 2.75) is 24.8 Å². The molecule has 31 heavy (non-hydrogen) atoms. The van der Waals surface area contributed by atoms with Gasteiger partial charge in [-0.15, -0.1) is 0 Å². The number of benzene rings is 3. The van der Waals surface area contributed by atoms with Crippen molar-refractivity contribution in [1.29, 1.82) is 0 Å². The number of nitrogens with two attached hydrogens (primary N) is 1. The van der Waals surface area contributed by atoms with Gasteiger partial charge >= 0.3 is 0 Å². The molecule has 2 heterocycles. The second-order valence-electron chi connectivity index (χ2n) is 8.11. The van der Waals surface area contributed by atoms with Gasteiger partial charge in [-0.25, -0.2) is 9.35 Å². The van der Waals surface area contributed by atoms with Crippen LogP contribution in [0.5, 0.6) is 0 Å². The predicted octanol–water partition coefficient (Wildman–Crippen LogP) is 4.53. The average Bonchev–Trinajstić information content (AvgIpc) is 3.22. The third kappa shape index (κ3) is 3.33. The maximum absolute atomic E-state index is 12.6. The summed E-state index contributed by atoms with van der Waals surface area (Å²) in [5.74, 6) is 0. The molecule has 2 aliphatic heterocycles. The van der Waals surface area contributed by atoms with Crippen molar-refractivity contribution < 1.29 is 4.21 Å². The van der Waals surface area contributed by atoms with E-state index in [2.05, 4.69) is 101 Å². The molecular formula is C26H27N3OS. The van der Waals surface area contributed by atoms with Gasteiger partial charge in [0.05, 0.1) is 11.4 Å². The molecule has 3 aromatic carbocycles. The van der Waals surface area contributed by atoms with E-state index in [-0.39, 0.29) is 0 Å². The molecule has 1 fully saturated rings. The Balaban J connectivity index is 1.80. The fourth-order valence-corrected chi connectivity index (χ4v) is 5.83. The molecule has 1 saturated heterocycles. The number of hydrogen-bond acceptors (Lipinski definition) is 3. The van der Waals surface area contributed by atoms with E-state index in [1.165, 1.54) is 16.7 Å². The van der Waals surface area contributed by atoms with Gasteiger partial charge in [0.25, 0.3) is 0 Å². The summed E-state index contributed by atoms with van der Waals surface area (Å²) in [5, 5.41) is 10.7. The van der Waals surface area contributed by atoms with E-state index in [0.717, 1.165) is 36.4 Å². The Bertz CT molecular complexity index is 1000. The zero-order valence-electron chi connectivity index (χ0n) is 17.5. The van der Waals surface area contributed by atoms with Gasteiger partial charge in [0.15, 0.2) is 0 Å². The SMILES string of the molecule is NS(=O)C1=C2CCCCN2N(C(c2ccccc2)(c2ccccc2)c2ccccc2)C1. The largest absolute Gasteiger partial charge is 0.307 e. The number of piperidine rings is 1. The van der Waals surface area contributed by atoms with Gasteiger partial charge in [-0.1, -0.05) is 91.0 Å². The van der Waals surface area contributed by atoms with Gasteiger partial charge in [0.1, 0.15) is 16.5 Å². The molecule has 1 unspecified atom stereocenters. The molecule has 5 rings (SSSR count). The molecule has 4 nitrogen and oxygen atoms in total. The Morgan fingerprint density at radius 3 is 1.68 bits per heavy atom. The van der Waals surface area contributed by atoms with Gasteiger partial charge in [-0.3, -0.25) is 0 Å². The minimum Gasteiger partial charge on any atom is -0.307 e. The first-order valence-electron chi connectivity index (χ1n) is 10.8. The van der Waals surface area contributed by atoms with E-state index in [9.17, 15) is 4.21 Å². The van der Waals surface area contributed by atoms with E-state index in [1.807, 2.05) is 0 Å². The smallest absolute Gasteiger partial charge is 0.121 e. The fourth-order valence-electron chi connectivity index (χ4n) is 5.14. The van der Waals surface area contributed by atoms with Crippen molar-refractivity contribution >= 4 is 11.0 Å². The lowest BCUT2D eigenvalue weighted by Gasteiger charge is -2.49.